The predicted octanol–water partition coefficient (Wildman–Crippen LogP) is 4.28. The van der Waals surface area contributed by atoms with Gasteiger partial charge in [-0.15, -0.1) is 11.5 Å². The first-order valence-corrected chi connectivity index (χ1v) is 12.7. The minimum absolute atomic E-state index is 0.130. The van der Waals surface area contributed by atoms with Gasteiger partial charge < -0.3 is 10.4 Å². The molecule has 0 bridgehead atoms. The van der Waals surface area contributed by atoms with Gasteiger partial charge in [-0.25, -0.2) is 4.63 Å². The maximum atomic E-state index is 11.1. The van der Waals surface area contributed by atoms with Crippen molar-refractivity contribution in [1.29, 1.82) is 0 Å². The van der Waals surface area contributed by atoms with Gasteiger partial charge in [0.15, 0.2) is 11.6 Å². The number of aromatic nitrogens is 5. The summed E-state index contributed by atoms with van der Waals surface area (Å²) in [6.07, 6.45) is 18.1. The van der Waals surface area contributed by atoms with Gasteiger partial charge >= 0.3 is 5.69 Å². The second-order valence-electron chi connectivity index (χ2n) is 8.82. The van der Waals surface area contributed by atoms with E-state index in [4.69, 9.17) is 11.5 Å². The molecule has 2 aromatic heterocycles. The number of rotatable bonds is 16. The third kappa shape index (κ3) is 9.21. The smallest absolute Gasteiger partial charge is 0.300 e. The number of unbranched alkanes of at least 4 members (excludes halogenated alkanes) is 8. The molecule has 0 amide bonds. The Labute approximate surface area is 216 Å². The van der Waals surface area contributed by atoms with Gasteiger partial charge in [0.25, 0.3) is 0 Å². The Hall–Kier alpha value is -3.96. The van der Waals surface area contributed by atoms with Crippen LogP contribution in [-0.2, 0) is 13.0 Å². The minimum atomic E-state index is -0.936. The summed E-state index contributed by atoms with van der Waals surface area (Å²) in [6.45, 7) is 1.35. The number of hydrogen-bond acceptors (Lipinski definition) is 9. The average molecular weight is 508 g/mol. The summed E-state index contributed by atoms with van der Waals surface area (Å²) in [5.74, 6) is 7.73. The molecule has 1 atom stereocenters. The van der Waals surface area contributed by atoms with Gasteiger partial charge in [0.05, 0.1) is 16.3 Å². The van der Waals surface area contributed by atoms with Crippen LogP contribution in [0.1, 0.15) is 69.9 Å². The van der Waals surface area contributed by atoms with E-state index in [2.05, 4.69) is 48.3 Å². The first-order chi connectivity index (χ1) is 18.1. The second kappa shape index (κ2) is 15.2. The molecule has 0 aliphatic heterocycles. The lowest BCUT2D eigenvalue weighted by molar-refractivity contribution is -0.383. The quantitative estimate of drug-likeness (QED) is 0.126. The third-order valence-corrected chi connectivity index (χ3v) is 5.94. The second-order valence-corrected chi connectivity index (χ2v) is 8.82. The molecule has 0 fully saturated rings. The normalized spacial score (nSPS) is 11.6. The van der Waals surface area contributed by atoms with E-state index in [-0.39, 0.29) is 11.2 Å². The van der Waals surface area contributed by atoms with Crippen LogP contribution in [0.3, 0.4) is 0 Å². The van der Waals surface area contributed by atoms with Gasteiger partial charge in [-0.2, -0.15) is 0 Å². The first-order valence-electron chi connectivity index (χ1n) is 12.7. The van der Waals surface area contributed by atoms with Crippen molar-refractivity contribution >= 4 is 22.4 Å². The largest absolute Gasteiger partial charge is 0.383 e. The lowest BCUT2D eigenvalue weighted by Crippen LogP contribution is -2.07. The SMILES string of the molecule is C#C[C@H](O)C#CCCCCCCCCCCc1cn(CCCNc2ccc([N+](=O)[O-])c3nonc23)nn1. The topological polar surface area (TPSA) is 145 Å². The van der Waals surface area contributed by atoms with E-state index in [1.54, 1.807) is 6.07 Å². The zero-order chi connectivity index (χ0) is 26.3. The number of fused-ring (bicyclic) bond motifs is 1. The molecule has 0 aliphatic rings. The van der Waals surface area contributed by atoms with Crippen LogP contribution >= 0.6 is 0 Å². The highest BCUT2D eigenvalue weighted by molar-refractivity contribution is 5.93. The van der Waals surface area contributed by atoms with E-state index in [9.17, 15) is 10.1 Å². The van der Waals surface area contributed by atoms with Crippen LogP contribution in [0.25, 0.3) is 11.0 Å². The Kier molecular flexibility index (Phi) is 11.4. The first kappa shape index (κ1) is 27.6. The van der Waals surface area contributed by atoms with Crippen LogP contribution in [0, 0.1) is 34.3 Å². The highest BCUT2D eigenvalue weighted by Crippen LogP contribution is 2.28. The van der Waals surface area contributed by atoms with Crippen molar-refractivity contribution in [2.24, 2.45) is 0 Å². The van der Waals surface area contributed by atoms with E-state index in [1.165, 1.54) is 38.2 Å². The summed E-state index contributed by atoms with van der Waals surface area (Å²) in [7, 11) is 0. The number of aliphatic hydroxyl groups is 1. The molecule has 2 heterocycles. The monoisotopic (exact) mass is 507 g/mol. The molecule has 0 aliphatic carbocycles. The molecule has 196 valence electrons. The minimum Gasteiger partial charge on any atom is -0.383 e. The summed E-state index contributed by atoms with van der Waals surface area (Å²) < 4.78 is 6.53. The van der Waals surface area contributed by atoms with Crippen molar-refractivity contribution in [3.05, 3.63) is 34.1 Å². The summed E-state index contributed by atoms with van der Waals surface area (Å²) in [6, 6.07) is 3.01. The Morgan fingerprint density at radius 3 is 2.57 bits per heavy atom. The van der Waals surface area contributed by atoms with E-state index >= 15 is 0 Å². The summed E-state index contributed by atoms with van der Waals surface area (Å²) in [5, 5.41) is 39.4. The maximum absolute atomic E-state index is 11.1. The fraction of sp³-hybridized carbons (Fsp3) is 0.538. The van der Waals surface area contributed by atoms with Gasteiger partial charge in [0.2, 0.25) is 5.52 Å². The number of non-ortho nitro benzene ring substituents is 1. The molecule has 0 unspecified atom stereocenters. The number of benzene rings is 1. The number of hydrogen-bond donors (Lipinski definition) is 2. The fourth-order valence-corrected chi connectivity index (χ4v) is 3.96. The molecule has 0 radical (unpaired) electrons. The number of nitrogens with one attached hydrogen (secondary N) is 1. The van der Waals surface area contributed by atoms with Crippen LogP contribution < -0.4 is 5.32 Å². The molecule has 3 rings (SSSR count). The number of nitrogens with zero attached hydrogens (tertiary/aromatic N) is 6. The summed E-state index contributed by atoms with van der Waals surface area (Å²) in [4.78, 5) is 10.6. The molecule has 11 nitrogen and oxygen atoms in total. The van der Waals surface area contributed by atoms with Crippen molar-refractivity contribution in [3.63, 3.8) is 0 Å². The van der Waals surface area contributed by atoms with Gasteiger partial charge in [-0.05, 0) is 42.1 Å². The number of anilines is 1. The Bertz CT molecular complexity index is 1230. The van der Waals surface area contributed by atoms with E-state index in [0.29, 0.717) is 24.3 Å². The standard InChI is InChI=1S/C26H33N7O4/c1-2-22(34)15-12-10-8-6-4-3-5-7-9-11-14-21-20-32(31-28-21)19-13-18-27-23-16-17-24(33(35)36)26-25(23)29-37-30-26/h1,16-17,20,22,27,34H,3-11,13-14,18-19H2/t22-/m0/s1. The molecule has 1 aromatic carbocycles. The van der Waals surface area contributed by atoms with Crippen LogP contribution in [0.2, 0.25) is 0 Å². The van der Waals surface area contributed by atoms with E-state index < -0.39 is 11.0 Å². The Morgan fingerprint density at radius 2 is 1.81 bits per heavy atom. The summed E-state index contributed by atoms with van der Waals surface area (Å²) >= 11 is 0. The van der Waals surface area contributed by atoms with Crippen LogP contribution in [0.4, 0.5) is 11.4 Å². The lowest BCUT2D eigenvalue weighted by Gasteiger charge is -2.06. The fourth-order valence-electron chi connectivity index (χ4n) is 3.96. The molecule has 37 heavy (non-hydrogen) atoms. The van der Waals surface area contributed by atoms with Crippen LogP contribution in [0.5, 0.6) is 0 Å². The predicted molar refractivity (Wildman–Crippen MR) is 139 cm³/mol. The van der Waals surface area contributed by atoms with E-state index in [1.807, 2.05) is 10.9 Å². The molecule has 11 heteroatoms. The van der Waals surface area contributed by atoms with Gasteiger partial charge in [-0.3, -0.25) is 14.8 Å². The number of nitro groups is 1. The zero-order valence-corrected chi connectivity index (χ0v) is 20.9. The molecule has 0 saturated carbocycles. The van der Waals surface area contributed by atoms with Gasteiger partial charge in [-0.1, -0.05) is 61.5 Å². The Morgan fingerprint density at radius 1 is 1.08 bits per heavy atom. The lowest BCUT2D eigenvalue weighted by atomic mass is 10.1. The number of nitro benzene ring substituents is 1. The highest BCUT2D eigenvalue weighted by Gasteiger charge is 2.19. The van der Waals surface area contributed by atoms with Crippen LogP contribution in [-0.4, -0.2) is 48.0 Å². The molecule has 0 saturated heterocycles. The highest BCUT2D eigenvalue weighted by atomic mass is 16.6. The van der Waals surface area contributed by atoms with Crippen LogP contribution in [0.15, 0.2) is 23.0 Å². The maximum Gasteiger partial charge on any atom is 0.300 e. The third-order valence-electron chi connectivity index (χ3n) is 5.94. The van der Waals surface area contributed by atoms with Gasteiger partial charge in [0.1, 0.15) is 0 Å². The average Bonchev–Trinajstić information content (AvgIpc) is 3.57. The van der Waals surface area contributed by atoms with Crippen molar-refractivity contribution in [3.8, 4) is 24.2 Å². The molecule has 2 N–H and O–H groups in total. The zero-order valence-electron chi connectivity index (χ0n) is 20.9. The number of terminal acetylenes is 1. The summed E-state index contributed by atoms with van der Waals surface area (Å²) in [5.41, 5.74) is 2.01. The molecular formula is C26H33N7O4. The van der Waals surface area contributed by atoms with Crippen molar-refractivity contribution in [2.75, 3.05) is 11.9 Å². The van der Waals surface area contributed by atoms with Crippen molar-refractivity contribution in [1.82, 2.24) is 25.3 Å². The molecule has 3 aromatic rings. The van der Waals surface area contributed by atoms with E-state index in [0.717, 1.165) is 44.2 Å². The molecular weight excluding hydrogens is 474 g/mol. The van der Waals surface area contributed by atoms with Gasteiger partial charge in [0, 0.05) is 31.8 Å². The number of aliphatic hydroxyl groups excluding tert-OH is 1. The Balaban J connectivity index is 1.22. The number of aryl methyl sites for hydroxylation is 2. The van der Waals surface area contributed by atoms with Crippen molar-refractivity contribution in [2.45, 2.75) is 83.3 Å². The molecule has 0 spiro atoms. The van der Waals surface area contributed by atoms with Crippen molar-refractivity contribution < 1.29 is 14.7 Å².